The van der Waals surface area contributed by atoms with E-state index in [1.165, 1.54) is 25.0 Å². The average Bonchev–Trinajstić information content (AvgIpc) is 3.21. The molecular weight excluding hydrogens is 300 g/mol. The van der Waals surface area contributed by atoms with Gasteiger partial charge < -0.3 is 15.0 Å². The fourth-order valence-electron chi connectivity index (χ4n) is 4.30. The Morgan fingerprint density at radius 3 is 2.57 bits per heavy atom. The lowest BCUT2D eigenvalue weighted by Gasteiger charge is -2.23. The molecule has 6 heteroatoms. The van der Waals surface area contributed by atoms with Crippen LogP contribution in [0.2, 0.25) is 0 Å². The van der Waals surface area contributed by atoms with E-state index in [-0.39, 0.29) is 0 Å². The molecule has 4 unspecified atom stereocenters. The van der Waals surface area contributed by atoms with Crippen LogP contribution < -0.4 is 5.32 Å². The smallest absolute Gasteiger partial charge is 0.193 e. The Morgan fingerprint density at radius 1 is 1.26 bits per heavy atom. The van der Waals surface area contributed by atoms with E-state index in [0.29, 0.717) is 36.2 Å². The summed E-state index contributed by atoms with van der Waals surface area (Å²) in [7, 11) is 1.74. The van der Waals surface area contributed by atoms with Gasteiger partial charge in [-0.2, -0.15) is 0 Å². The van der Waals surface area contributed by atoms with Crippen LogP contribution in [0.15, 0.2) is 23.2 Å². The van der Waals surface area contributed by atoms with E-state index in [2.05, 4.69) is 15.2 Å². The molecule has 3 saturated heterocycles. The highest BCUT2D eigenvalue weighted by atomic mass is 19.1. The summed E-state index contributed by atoms with van der Waals surface area (Å²) < 4.78 is 32.7. The monoisotopic (exact) mass is 321 g/mol. The Morgan fingerprint density at radius 2 is 1.96 bits per heavy atom. The highest BCUT2D eigenvalue weighted by Crippen LogP contribution is 2.47. The molecule has 3 heterocycles. The molecule has 0 aromatic heterocycles. The van der Waals surface area contributed by atoms with E-state index >= 15 is 0 Å². The van der Waals surface area contributed by atoms with Crippen LogP contribution >= 0.6 is 0 Å². The van der Waals surface area contributed by atoms with Gasteiger partial charge in [-0.05, 0) is 18.9 Å². The fraction of sp³-hybridized carbons (Fsp3) is 0.588. The number of aliphatic imine (C=N–C) groups is 1. The summed E-state index contributed by atoms with van der Waals surface area (Å²) in [6.45, 7) is 2.18. The molecule has 0 spiro atoms. The molecule has 1 N–H and O–H groups in total. The molecule has 3 aliphatic heterocycles. The highest BCUT2D eigenvalue weighted by molar-refractivity contribution is 5.80. The van der Waals surface area contributed by atoms with Crippen molar-refractivity contribution in [2.24, 2.45) is 16.8 Å². The standard InChI is InChI=1S/C17H21F2N3O/c1-20-17(21-7-10-2-3-11(18)6-14(10)19)22-8-12-13(9-22)16-5-4-15(12)23-16/h2-3,6,12-13,15-16H,4-5,7-9H2,1H3,(H,20,21). The van der Waals surface area contributed by atoms with Gasteiger partial charge in [-0.3, -0.25) is 4.99 Å². The van der Waals surface area contributed by atoms with Gasteiger partial charge in [0.2, 0.25) is 0 Å². The third-order valence-corrected chi connectivity index (χ3v) is 5.42. The number of likely N-dealkylation sites (tertiary alicyclic amines) is 1. The Balaban J connectivity index is 1.40. The first-order valence-corrected chi connectivity index (χ1v) is 8.20. The van der Waals surface area contributed by atoms with E-state index in [1.54, 1.807) is 7.05 Å². The molecule has 124 valence electrons. The van der Waals surface area contributed by atoms with Crippen LogP contribution in [0.3, 0.4) is 0 Å². The molecule has 23 heavy (non-hydrogen) atoms. The Kier molecular flexibility index (Phi) is 3.71. The van der Waals surface area contributed by atoms with Gasteiger partial charge in [-0.15, -0.1) is 0 Å². The first kappa shape index (κ1) is 14.9. The van der Waals surface area contributed by atoms with Crippen molar-refractivity contribution < 1.29 is 13.5 Å². The third-order valence-electron chi connectivity index (χ3n) is 5.42. The number of hydrogen-bond donors (Lipinski definition) is 1. The zero-order chi connectivity index (χ0) is 16.0. The maximum atomic E-state index is 13.7. The molecule has 0 saturated carbocycles. The fourth-order valence-corrected chi connectivity index (χ4v) is 4.30. The van der Waals surface area contributed by atoms with Crippen LogP contribution in [0, 0.1) is 23.5 Å². The second-order valence-corrected chi connectivity index (χ2v) is 6.66. The number of nitrogens with zero attached hydrogens (tertiary/aromatic N) is 2. The molecule has 0 amide bonds. The first-order chi connectivity index (χ1) is 11.2. The van der Waals surface area contributed by atoms with E-state index < -0.39 is 11.6 Å². The average molecular weight is 321 g/mol. The maximum Gasteiger partial charge on any atom is 0.193 e. The molecule has 1 aromatic rings. The number of guanidine groups is 1. The summed E-state index contributed by atoms with van der Waals surface area (Å²) in [6, 6.07) is 3.66. The van der Waals surface area contributed by atoms with Crippen LogP contribution in [-0.2, 0) is 11.3 Å². The van der Waals surface area contributed by atoms with Crippen molar-refractivity contribution >= 4 is 5.96 Å². The van der Waals surface area contributed by atoms with Crippen molar-refractivity contribution in [3.8, 4) is 0 Å². The van der Waals surface area contributed by atoms with E-state index in [0.717, 1.165) is 25.1 Å². The minimum Gasteiger partial charge on any atom is -0.374 e. The Labute approximate surface area is 134 Å². The number of benzene rings is 1. The first-order valence-electron chi connectivity index (χ1n) is 8.20. The van der Waals surface area contributed by atoms with Crippen molar-refractivity contribution in [2.45, 2.75) is 31.6 Å². The molecule has 4 nitrogen and oxygen atoms in total. The Hall–Kier alpha value is -1.69. The minimum absolute atomic E-state index is 0.300. The van der Waals surface area contributed by atoms with Crippen molar-refractivity contribution in [3.05, 3.63) is 35.4 Å². The molecule has 0 radical (unpaired) electrons. The number of nitrogens with one attached hydrogen (secondary N) is 1. The van der Waals surface area contributed by atoms with Crippen LogP contribution in [-0.4, -0.2) is 43.2 Å². The van der Waals surface area contributed by atoms with Gasteiger partial charge in [0.1, 0.15) is 11.6 Å². The zero-order valence-corrected chi connectivity index (χ0v) is 13.1. The molecule has 2 bridgehead atoms. The maximum absolute atomic E-state index is 13.7. The second kappa shape index (κ2) is 5.74. The highest BCUT2D eigenvalue weighted by Gasteiger charge is 2.53. The SMILES string of the molecule is CN=C(NCc1ccc(F)cc1F)N1CC2C3CCC(O3)C2C1. The molecule has 3 fully saturated rings. The predicted molar refractivity (Wildman–Crippen MR) is 83.0 cm³/mol. The second-order valence-electron chi connectivity index (χ2n) is 6.66. The molecular formula is C17H21F2N3O. The summed E-state index contributed by atoms with van der Waals surface area (Å²) in [5.41, 5.74) is 0.440. The van der Waals surface area contributed by atoms with Gasteiger partial charge in [0, 0.05) is 50.1 Å². The topological polar surface area (TPSA) is 36.9 Å². The van der Waals surface area contributed by atoms with Gasteiger partial charge >= 0.3 is 0 Å². The molecule has 4 rings (SSSR count). The number of ether oxygens (including phenoxy) is 1. The normalized spacial score (nSPS) is 32.5. The minimum atomic E-state index is -0.557. The van der Waals surface area contributed by atoms with E-state index in [1.807, 2.05) is 0 Å². The summed E-state index contributed by atoms with van der Waals surface area (Å²) >= 11 is 0. The van der Waals surface area contributed by atoms with Gasteiger partial charge in [0.05, 0.1) is 12.2 Å². The lowest BCUT2D eigenvalue weighted by Crippen LogP contribution is -2.41. The molecule has 0 aliphatic carbocycles. The van der Waals surface area contributed by atoms with Gasteiger partial charge in [-0.25, -0.2) is 8.78 Å². The van der Waals surface area contributed by atoms with Crippen LogP contribution in [0.4, 0.5) is 8.78 Å². The molecule has 1 aromatic carbocycles. The largest absolute Gasteiger partial charge is 0.374 e. The van der Waals surface area contributed by atoms with Gasteiger partial charge in [0.25, 0.3) is 0 Å². The zero-order valence-electron chi connectivity index (χ0n) is 13.1. The number of hydrogen-bond acceptors (Lipinski definition) is 2. The molecule has 3 aliphatic rings. The van der Waals surface area contributed by atoms with E-state index in [9.17, 15) is 8.78 Å². The van der Waals surface area contributed by atoms with Crippen LogP contribution in [0.1, 0.15) is 18.4 Å². The summed E-state index contributed by atoms with van der Waals surface area (Å²) in [6.07, 6.45) is 3.16. The lowest BCUT2D eigenvalue weighted by molar-refractivity contribution is 0.0767. The van der Waals surface area contributed by atoms with Gasteiger partial charge in [0.15, 0.2) is 5.96 Å². The van der Waals surface area contributed by atoms with Crippen LogP contribution in [0.25, 0.3) is 0 Å². The summed E-state index contributed by atoms with van der Waals surface area (Å²) in [5.74, 6) is 0.878. The quantitative estimate of drug-likeness (QED) is 0.670. The predicted octanol–water partition coefficient (Wildman–Crippen LogP) is 2.15. The van der Waals surface area contributed by atoms with Gasteiger partial charge in [-0.1, -0.05) is 6.07 Å². The lowest BCUT2D eigenvalue weighted by atomic mass is 9.82. The van der Waals surface area contributed by atoms with Crippen molar-refractivity contribution in [3.63, 3.8) is 0 Å². The van der Waals surface area contributed by atoms with Crippen molar-refractivity contribution in [1.29, 1.82) is 0 Å². The van der Waals surface area contributed by atoms with E-state index in [4.69, 9.17) is 4.74 Å². The Bertz CT molecular complexity index is 618. The molecule has 4 atom stereocenters. The number of rotatable bonds is 2. The number of halogens is 2. The van der Waals surface area contributed by atoms with Crippen molar-refractivity contribution in [2.75, 3.05) is 20.1 Å². The van der Waals surface area contributed by atoms with Crippen molar-refractivity contribution in [1.82, 2.24) is 10.2 Å². The van der Waals surface area contributed by atoms with Crippen LogP contribution in [0.5, 0.6) is 0 Å². The number of fused-ring (bicyclic) bond motifs is 5. The third kappa shape index (κ3) is 2.59. The summed E-state index contributed by atoms with van der Waals surface area (Å²) in [4.78, 5) is 6.56. The summed E-state index contributed by atoms with van der Waals surface area (Å²) in [5, 5.41) is 3.20.